The number of hydrogen-bond acceptors (Lipinski definition) is 6. The predicted molar refractivity (Wildman–Crippen MR) is 135 cm³/mol. The number of amides is 1. The molecule has 2 aromatic heterocycles. The molecule has 2 aliphatic heterocycles. The van der Waals surface area contributed by atoms with Gasteiger partial charge in [-0.25, -0.2) is 4.98 Å². The summed E-state index contributed by atoms with van der Waals surface area (Å²) in [6, 6.07) is 12.4. The number of likely N-dealkylation sites (tertiary alicyclic amines) is 1. The molecule has 182 valence electrons. The van der Waals surface area contributed by atoms with Crippen LogP contribution >= 0.6 is 15.9 Å². The van der Waals surface area contributed by atoms with E-state index in [2.05, 4.69) is 25.8 Å². The summed E-state index contributed by atoms with van der Waals surface area (Å²) in [5, 5.41) is 11.5. The molecule has 0 spiro atoms. The molecule has 0 radical (unpaired) electrons. The molecular formula is C26H27BrN4O4. The second-order valence-electron chi connectivity index (χ2n) is 8.83. The van der Waals surface area contributed by atoms with Gasteiger partial charge in [0.25, 0.3) is 11.7 Å². The molecule has 2 fully saturated rings. The molecule has 0 bridgehead atoms. The molecule has 2 saturated heterocycles. The fourth-order valence-electron chi connectivity index (χ4n) is 4.95. The number of hydrogen-bond donors (Lipinski definition) is 1. The summed E-state index contributed by atoms with van der Waals surface area (Å²) in [6.45, 7) is 6.14. The topological polar surface area (TPSA) is 87.4 Å². The second-order valence-corrected chi connectivity index (χ2v) is 9.75. The van der Waals surface area contributed by atoms with Crippen LogP contribution in [0.5, 0.6) is 0 Å². The third-order valence-electron chi connectivity index (χ3n) is 6.61. The van der Waals surface area contributed by atoms with Crippen molar-refractivity contribution in [3.8, 4) is 0 Å². The van der Waals surface area contributed by atoms with Crippen LogP contribution in [-0.2, 0) is 14.3 Å². The fraction of sp³-hybridized carbons (Fsp3) is 0.346. The van der Waals surface area contributed by atoms with E-state index in [9.17, 15) is 14.7 Å². The number of rotatable bonds is 6. The highest BCUT2D eigenvalue weighted by atomic mass is 79.9. The van der Waals surface area contributed by atoms with Crippen molar-refractivity contribution in [2.75, 3.05) is 39.4 Å². The van der Waals surface area contributed by atoms with Crippen molar-refractivity contribution in [3.63, 3.8) is 0 Å². The molecule has 1 amide bonds. The lowest BCUT2D eigenvalue weighted by molar-refractivity contribution is -0.140. The number of imidazole rings is 1. The smallest absolute Gasteiger partial charge is 0.295 e. The number of aliphatic hydroxyl groups is 1. The van der Waals surface area contributed by atoms with Gasteiger partial charge in [0.05, 0.1) is 30.5 Å². The number of halogens is 1. The average Bonchev–Trinajstić information content (AvgIpc) is 3.32. The Bertz CT molecular complexity index is 1310. The number of pyridine rings is 1. The summed E-state index contributed by atoms with van der Waals surface area (Å²) in [5.74, 6) is -1.48. The van der Waals surface area contributed by atoms with Crippen LogP contribution in [0.4, 0.5) is 0 Å². The van der Waals surface area contributed by atoms with Gasteiger partial charge in [0.1, 0.15) is 11.3 Å². The normalized spacial score (nSPS) is 20.7. The first-order valence-electron chi connectivity index (χ1n) is 11.7. The third-order valence-corrected chi connectivity index (χ3v) is 7.10. The molecule has 5 rings (SSSR count). The Morgan fingerprint density at radius 1 is 1.14 bits per heavy atom. The second kappa shape index (κ2) is 9.93. The van der Waals surface area contributed by atoms with Gasteiger partial charge in [0.2, 0.25) is 0 Å². The maximum atomic E-state index is 13.4. The summed E-state index contributed by atoms with van der Waals surface area (Å²) >= 11 is 3.50. The summed E-state index contributed by atoms with van der Waals surface area (Å²) in [5.41, 5.74) is 2.52. The van der Waals surface area contributed by atoms with Crippen LogP contribution in [0.25, 0.3) is 11.4 Å². The highest BCUT2D eigenvalue weighted by Crippen LogP contribution is 2.40. The Labute approximate surface area is 211 Å². The third kappa shape index (κ3) is 4.51. The van der Waals surface area contributed by atoms with Gasteiger partial charge < -0.3 is 14.7 Å². The molecule has 1 atom stereocenters. The van der Waals surface area contributed by atoms with Crippen molar-refractivity contribution in [1.82, 2.24) is 19.2 Å². The number of benzene rings is 1. The molecule has 2 aliphatic rings. The number of ether oxygens (including phenoxy) is 1. The molecule has 1 N–H and O–H groups in total. The number of carbonyl (C=O) groups excluding carboxylic acids is 2. The van der Waals surface area contributed by atoms with E-state index in [1.165, 1.54) is 0 Å². The van der Waals surface area contributed by atoms with Crippen molar-refractivity contribution in [1.29, 1.82) is 0 Å². The maximum absolute atomic E-state index is 13.4. The minimum Gasteiger partial charge on any atom is -0.505 e. The Balaban J connectivity index is 1.55. The lowest BCUT2D eigenvalue weighted by Crippen LogP contribution is -2.38. The number of aryl methyl sites for hydroxylation is 1. The van der Waals surface area contributed by atoms with Crippen LogP contribution in [0.15, 0.2) is 58.7 Å². The zero-order valence-corrected chi connectivity index (χ0v) is 21.1. The van der Waals surface area contributed by atoms with Crippen molar-refractivity contribution < 1.29 is 19.4 Å². The minimum absolute atomic E-state index is 0.0909. The van der Waals surface area contributed by atoms with Crippen molar-refractivity contribution in [2.24, 2.45) is 0 Å². The van der Waals surface area contributed by atoms with Gasteiger partial charge in [-0.3, -0.25) is 18.9 Å². The molecule has 9 heteroatoms. The van der Waals surface area contributed by atoms with E-state index < -0.39 is 17.7 Å². The number of morpholine rings is 1. The van der Waals surface area contributed by atoms with Crippen LogP contribution in [0, 0.1) is 6.92 Å². The van der Waals surface area contributed by atoms with E-state index in [0.717, 1.165) is 29.7 Å². The van der Waals surface area contributed by atoms with Gasteiger partial charge in [-0.1, -0.05) is 34.1 Å². The summed E-state index contributed by atoms with van der Waals surface area (Å²) in [7, 11) is 0. The molecular weight excluding hydrogens is 512 g/mol. The van der Waals surface area contributed by atoms with Crippen LogP contribution in [0.2, 0.25) is 0 Å². The van der Waals surface area contributed by atoms with Crippen LogP contribution in [0.3, 0.4) is 0 Å². The number of fused-ring (bicyclic) bond motifs is 1. The highest BCUT2D eigenvalue weighted by Gasteiger charge is 2.46. The molecule has 1 aromatic carbocycles. The lowest BCUT2D eigenvalue weighted by atomic mass is 9.96. The maximum Gasteiger partial charge on any atom is 0.295 e. The Hall–Kier alpha value is -3.01. The van der Waals surface area contributed by atoms with E-state index in [1.54, 1.807) is 22.4 Å². The van der Waals surface area contributed by atoms with Crippen molar-refractivity contribution >= 4 is 39.0 Å². The minimum atomic E-state index is -0.689. The molecule has 35 heavy (non-hydrogen) atoms. The van der Waals surface area contributed by atoms with Crippen molar-refractivity contribution in [2.45, 2.75) is 19.4 Å². The average molecular weight is 539 g/mol. The van der Waals surface area contributed by atoms with Gasteiger partial charge in [-0.2, -0.15) is 0 Å². The number of nitrogens with zero attached hydrogens (tertiary/aromatic N) is 4. The molecule has 1 unspecified atom stereocenters. The van der Waals surface area contributed by atoms with E-state index in [-0.39, 0.29) is 11.3 Å². The Kier molecular flexibility index (Phi) is 6.73. The lowest BCUT2D eigenvalue weighted by Gasteiger charge is -2.29. The number of carbonyl (C=O) groups is 2. The first kappa shape index (κ1) is 23.7. The first-order chi connectivity index (χ1) is 17.0. The zero-order valence-electron chi connectivity index (χ0n) is 19.5. The van der Waals surface area contributed by atoms with Crippen LogP contribution in [0.1, 0.15) is 29.4 Å². The van der Waals surface area contributed by atoms with E-state index in [1.807, 2.05) is 42.5 Å². The Morgan fingerprint density at radius 3 is 2.71 bits per heavy atom. The predicted octanol–water partition coefficient (Wildman–Crippen LogP) is 3.55. The van der Waals surface area contributed by atoms with Gasteiger partial charge in [0, 0.05) is 36.8 Å². The summed E-state index contributed by atoms with van der Waals surface area (Å²) < 4.78 is 7.99. The molecule has 4 heterocycles. The quantitative estimate of drug-likeness (QED) is 0.293. The highest BCUT2D eigenvalue weighted by molar-refractivity contribution is 9.10. The van der Waals surface area contributed by atoms with E-state index in [4.69, 9.17) is 4.74 Å². The number of aliphatic hydroxyl groups excluding tert-OH is 1. The fourth-order valence-corrected chi connectivity index (χ4v) is 5.37. The standard InChI is InChI=1S/C26H27BrN4O4/c1-17-22(30-10-3-2-8-20(30)28-17)24(32)21-23(18-6-4-7-19(27)16-18)31(26(34)25(21)33)11-5-9-29-12-14-35-15-13-29/h2-4,6-8,10,16,23,32H,5,9,11-15H2,1H3. The first-order valence-corrected chi connectivity index (χ1v) is 12.5. The van der Waals surface area contributed by atoms with Gasteiger partial charge in [-0.05, 0) is 43.2 Å². The van der Waals surface area contributed by atoms with Crippen molar-refractivity contribution in [3.05, 3.63) is 75.7 Å². The zero-order chi connectivity index (χ0) is 24.5. The number of aromatic nitrogens is 2. The summed E-state index contributed by atoms with van der Waals surface area (Å²) in [4.78, 5) is 35.0. The monoisotopic (exact) mass is 538 g/mol. The molecule has 3 aromatic rings. The SMILES string of the molecule is Cc1nc2ccccn2c1C(O)=C1C(=O)C(=O)N(CCCN2CCOCC2)C1c1cccc(Br)c1. The molecule has 0 saturated carbocycles. The largest absolute Gasteiger partial charge is 0.505 e. The van der Waals surface area contributed by atoms with E-state index in [0.29, 0.717) is 43.2 Å². The molecule has 0 aliphatic carbocycles. The van der Waals surface area contributed by atoms with Gasteiger partial charge >= 0.3 is 0 Å². The van der Waals surface area contributed by atoms with Crippen LogP contribution < -0.4 is 0 Å². The number of Topliss-reactive ketones (excluding diaryl/α,β-unsaturated/α-hetero) is 1. The van der Waals surface area contributed by atoms with Gasteiger partial charge in [0.15, 0.2) is 5.76 Å². The summed E-state index contributed by atoms with van der Waals surface area (Å²) in [6.07, 6.45) is 2.50. The van der Waals surface area contributed by atoms with Crippen LogP contribution in [-0.4, -0.2) is 75.4 Å². The van der Waals surface area contributed by atoms with Gasteiger partial charge in [-0.15, -0.1) is 0 Å². The molecule has 8 nitrogen and oxygen atoms in total. The number of ketones is 1. The Morgan fingerprint density at radius 2 is 1.94 bits per heavy atom. The van der Waals surface area contributed by atoms with E-state index >= 15 is 0 Å².